The SMILES string of the molecule is Cc1ccc(Nc2nc3c(c(Nc4ccc(C)cc4C)n2)C(=O)CC(C)(C)C3)cc1. The minimum absolute atomic E-state index is 0.0930. The van der Waals surface area contributed by atoms with Crippen molar-refractivity contribution in [1.29, 1.82) is 0 Å². The van der Waals surface area contributed by atoms with Crippen LogP contribution in [0.1, 0.15) is 53.0 Å². The molecule has 0 bridgehead atoms. The summed E-state index contributed by atoms with van der Waals surface area (Å²) in [6, 6.07) is 14.3. The van der Waals surface area contributed by atoms with E-state index < -0.39 is 0 Å². The van der Waals surface area contributed by atoms with Gasteiger partial charge in [0.15, 0.2) is 5.78 Å². The van der Waals surface area contributed by atoms with Crippen LogP contribution < -0.4 is 10.6 Å². The summed E-state index contributed by atoms with van der Waals surface area (Å²) >= 11 is 0. The van der Waals surface area contributed by atoms with Gasteiger partial charge in [0.05, 0.1) is 11.3 Å². The number of anilines is 4. The topological polar surface area (TPSA) is 66.9 Å². The summed E-state index contributed by atoms with van der Waals surface area (Å²) in [7, 11) is 0. The fraction of sp³-hybridized carbons (Fsp3) is 0.320. The van der Waals surface area contributed by atoms with Gasteiger partial charge < -0.3 is 10.6 Å². The smallest absolute Gasteiger partial charge is 0.229 e. The average molecular weight is 401 g/mol. The van der Waals surface area contributed by atoms with Gasteiger partial charge in [0.2, 0.25) is 5.95 Å². The lowest BCUT2D eigenvalue weighted by atomic mass is 9.75. The first-order valence-corrected chi connectivity index (χ1v) is 10.3. The molecule has 2 aromatic carbocycles. The molecule has 0 aliphatic heterocycles. The zero-order valence-corrected chi connectivity index (χ0v) is 18.3. The number of aromatic nitrogens is 2. The molecule has 30 heavy (non-hydrogen) atoms. The zero-order chi connectivity index (χ0) is 21.5. The number of nitrogens with one attached hydrogen (secondary N) is 2. The predicted octanol–water partition coefficient (Wildman–Crippen LogP) is 6.04. The van der Waals surface area contributed by atoms with E-state index in [1.54, 1.807) is 0 Å². The van der Waals surface area contributed by atoms with Crippen LogP contribution in [0.4, 0.5) is 23.1 Å². The fourth-order valence-corrected chi connectivity index (χ4v) is 3.96. The zero-order valence-electron chi connectivity index (χ0n) is 18.3. The molecule has 0 unspecified atom stereocenters. The van der Waals surface area contributed by atoms with Gasteiger partial charge in [-0.25, -0.2) is 4.98 Å². The van der Waals surface area contributed by atoms with Gasteiger partial charge in [0.25, 0.3) is 0 Å². The Bertz CT molecular complexity index is 1120. The Kier molecular flexibility index (Phi) is 5.06. The number of benzene rings is 2. The van der Waals surface area contributed by atoms with E-state index in [0.717, 1.165) is 29.1 Å². The molecule has 0 atom stereocenters. The van der Waals surface area contributed by atoms with E-state index >= 15 is 0 Å². The summed E-state index contributed by atoms with van der Waals surface area (Å²) in [5.41, 5.74) is 6.66. The summed E-state index contributed by atoms with van der Waals surface area (Å²) < 4.78 is 0. The Balaban J connectivity index is 1.78. The molecule has 2 N–H and O–H groups in total. The molecule has 5 nitrogen and oxygen atoms in total. The van der Waals surface area contributed by atoms with Crippen LogP contribution in [-0.4, -0.2) is 15.8 Å². The van der Waals surface area contributed by atoms with Gasteiger partial charge in [-0.15, -0.1) is 0 Å². The van der Waals surface area contributed by atoms with Crippen molar-refractivity contribution < 1.29 is 4.79 Å². The third-order valence-electron chi connectivity index (χ3n) is 5.49. The van der Waals surface area contributed by atoms with E-state index in [1.165, 1.54) is 11.1 Å². The van der Waals surface area contributed by atoms with Gasteiger partial charge in [-0.1, -0.05) is 49.2 Å². The normalized spacial score (nSPS) is 14.9. The molecule has 3 aromatic rings. The maximum atomic E-state index is 13.0. The van der Waals surface area contributed by atoms with Crippen molar-refractivity contribution in [2.75, 3.05) is 10.6 Å². The van der Waals surface area contributed by atoms with E-state index in [1.807, 2.05) is 30.3 Å². The summed E-state index contributed by atoms with van der Waals surface area (Å²) in [4.78, 5) is 22.5. The molecule has 0 amide bonds. The third kappa shape index (κ3) is 4.20. The molecule has 0 radical (unpaired) electrons. The molecule has 1 heterocycles. The summed E-state index contributed by atoms with van der Waals surface area (Å²) in [5, 5.41) is 6.71. The maximum Gasteiger partial charge on any atom is 0.229 e. The van der Waals surface area contributed by atoms with Gasteiger partial charge >= 0.3 is 0 Å². The number of hydrogen-bond donors (Lipinski definition) is 2. The molecule has 0 fully saturated rings. The lowest BCUT2D eigenvalue weighted by molar-refractivity contribution is 0.0911. The van der Waals surface area contributed by atoms with Crippen LogP contribution in [0.5, 0.6) is 0 Å². The number of carbonyl (C=O) groups excluding carboxylic acids is 1. The minimum Gasteiger partial charge on any atom is -0.339 e. The van der Waals surface area contributed by atoms with Crippen molar-refractivity contribution in [3.63, 3.8) is 0 Å². The molecule has 154 valence electrons. The average Bonchev–Trinajstić information content (AvgIpc) is 2.64. The minimum atomic E-state index is -0.114. The van der Waals surface area contributed by atoms with Crippen LogP contribution in [0.25, 0.3) is 0 Å². The highest BCUT2D eigenvalue weighted by atomic mass is 16.1. The largest absolute Gasteiger partial charge is 0.339 e. The summed E-state index contributed by atoms with van der Waals surface area (Å²) in [6.07, 6.45) is 1.23. The monoisotopic (exact) mass is 400 g/mol. The third-order valence-corrected chi connectivity index (χ3v) is 5.49. The van der Waals surface area contributed by atoms with Crippen LogP contribution in [0.15, 0.2) is 42.5 Å². The highest BCUT2D eigenvalue weighted by Gasteiger charge is 2.35. The van der Waals surface area contributed by atoms with E-state index in [-0.39, 0.29) is 11.2 Å². The number of ketones is 1. The molecule has 5 heteroatoms. The molecule has 0 spiro atoms. The molecule has 0 saturated heterocycles. The van der Waals surface area contributed by atoms with Gasteiger partial charge in [-0.3, -0.25) is 4.79 Å². The number of carbonyl (C=O) groups is 1. The Labute approximate surface area is 178 Å². The summed E-state index contributed by atoms with van der Waals surface area (Å²) in [6.45, 7) is 10.4. The van der Waals surface area contributed by atoms with E-state index in [0.29, 0.717) is 23.8 Å². The number of rotatable bonds is 4. The Morgan fingerprint density at radius 1 is 0.867 bits per heavy atom. The molecule has 4 rings (SSSR count). The molecule has 1 aromatic heterocycles. The van der Waals surface area contributed by atoms with Crippen molar-refractivity contribution in [3.8, 4) is 0 Å². The van der Waals surface area contributed by atoms with Crippen molar-refractivity contribution in [2.24, 2.45) is 5.41 Å². The number of fused-ring (bicyclic) bond motifs is 1. The Morgan fingerprint density at radius 3 is 2.27 bits per heavy atom. The van der Waals surface area contributed by atoms with Crippen LogP contribution in [-0.2, 0) is 6.42 Å². The van der Waals surface area contributed by atoms with Crippen molar-refractivity contribution in [2.45, 2.75) is 47.5 Å². The first-order chi connectivity index (χ1) is 14.2. The quantitative estimate of drug-likeness (QED) is 0.558. The first-order valence-electron chi connectivity index (χ1n) is 10.3. The first kappa shape index (κ1) is 20.1. The van der Waals surface area contributed by atoms with Crippen molar-refractivity contribution in [1.82, 2.24) is 9.97 Å². The molecular weight excluding hydrogens is 372 g/mol. The summed E-state index contributed by atoms with van der Waals surface area (Å²) in [5.74, 6) is 1.16. The molecule has 0 saturated carbocycles. The van der Waals surface area contributed by atoms with Crippen LogP contribution in [0, 0.1) is 26.2 Å². The van der Waals surface area contributed by atoms with Gasteiger partial charge in [-0.2, -0.15) is 4.98 Å². The number of aryl methyl sites for hydroxylation is 3. The fourth-order valence-electron chi connectivity index (χ4n) is 3.96. The molecule has 1 aliphatic rings. The lowest BCUT2D eigenvalue weighted by Gasteiger charge is -2.30. The predicted molar refractivity (Wildman–Crippen MR) is 122 cm³/mol. The van der Waals surface area contributed by atoms with E-state index in [4.69, 9.17) is 9.97 Å². The van der Waals surface area contributed by atoms with Crippen LogP contribution in [0.3, 0.4) is 0 Å². The number of nitrogens with zero attached hydrogens (tertiary/aromatic N) is 2. The highest BCUT2D eigenvalue weighted by molar-refractivity contribution is 6.03. The van der Waals surface area contributed by atoms with Gasteiger partial charge in [0, 0.05) is 17.8 Å². The Morgan fingerprint density at radius 2 is 1.57 bits per heavy atom. The van der Waals surface area contributed by atoms with Gasteiger partial charge in [0.1, 0.15) is 5.82 Å². The van der Waals surface area contributed by atoms with Crippen molar-refractivity contribution in [3.05, 3.63) is 70.4 Å². The van der Waals surface area contributed by atoms with Crippen LogP contribution in [0.2, 0.25) is 0 Å². The van der Waals surface area contributed by atoms with Crippen LogP contribution >= 0.6 is 0 Å². The van der Waals surface area contributed by atoms with E-state index in [9.17, 15) is 4.79 Å². The second kappa shape index (κ2) is 7.56. The number of Topliss-reactive ketones (excluding diaryl/α,β-unsaturated/α-hetero) is 1. The standard InChI is InChI=1S/C25H28N4O/c1-15-6-9-18(10-7-15)26-24-28-20-13-25(4,5)14-21(30)22(20)23(29-24)27-19-11-8-16(2)12-17(19)3/h6-12H,13-14H2,1-5H3,(H2,26,27,28,29). The second-order valence-corrected chi connectivity index (χ2v) is 9.09. The van der Waals surface area contributed by atoms with Crippen molar-refractivity contribution >= 4 is 28.9 Å². The highest BCUT2D eigenvalue weighted by Crippen LogP contribution is 2.38. The second-order valence-electron chi connectivity index (χ2n) is 9.09. The molecular formula is C25H28N4O. The Hall–Kier alpha value is -3.21. The van der Waals surface area contributed by atoms with Gasteiger partial charge in [-0.05, 0) is 56.4 Å². The molecule has 1 aliphatic carbocycles. The lowest BCUT2D eigenvalue weighted by Crippen LogP contribution is -2.29. The van der Waals surface area contributed by atoms with E-state index in [2.05, 4.69) is 57.4 Å². The number of hydrogen-bond acceptors (Lipinski definition) is 5. The maximum absolute atomic E-state index is 13.0.